The lowest BCUT2D eigenvalue weighted by molar-refractivity contribution is -0.274. The molecule has 182 valence electrons. The number of methoxy groups -OCH3 is 1. The highest BCUT2D eigenvalue weighted by molar-refractivity contribution is 6.05. The predicted molar refractivity (Wildman–Crippen MR) is 116 cm³/mol. The second-order valence-corrected chi connectivity index (χ2v) is 7.92. The number of ether oxygens (including phenoxy) is 2. The monoisotopic (exact) mass is 481 g/mol. The zero-order valence-corrected chi connectivity index (χ0v) is 18.9. The van der Waals surface area contributed by atoms with Gasteiger partial charge in [-0.05, 0) is 48.7 Å². The number of carbonyl (C=O) groups is 2. The van der Waals surface area contributed by atoms with E-state index in [0.717, 1.165) is 30.3 Å². The molecule has 2 aromatic carbocycles. The molecule has 0 saturated heterocycles. The topological polar surface area (TPSA) is 77.8 Å². The van der Waals surface area contributed by atoms with E-state index in [1.165, 1.54) is 17.7 Å². The molecule has 0 spiro atoms. The Bertz CT molecular complexity index is 1230. The summed E-state index contributed by atoms with van der Waals surface area (Å²) in [4.78, 5) is 25.6. The van der Waals surface area contributed by atoms with Crippen molar-refractivity contribution < 1.29 is 41.7 Å². The Morgan fingerprint density at radius 1 is 1.15 bits per heavy atom. The number of alkyl halides is 3. The molecule has 0 saturated carbocycles. The predicted octanol–water partition coefficient (Wildman–Crippen LogP) is 5.90. The molecule has 10 heteroatoms. The summed E-state index contributed by atoms with van der Waals surface area (Å²) in [6.45, 7) is 5.16. The van der Waals surface area contributed by atoms with Crippen molar-refractivity contribution in [3.8, 4) is 11.5 Å². The zero-order chi connectivity index (χ0) is 25.4. The molecule has 0 amide bonds. The molecule has 1 unspecified atom stereocenters. The summed E-state index contributed by atoms with van der Waals surface area (Å²) in [5.41, 5.74) is 0.769. The summed E-state index contributed by atoms with van der Waals surface area (Å²) in [6.07, 6.45) is -4.35. The van der Waals surface area contributed by atoms with Crippen LogP contribution in [-0.2, 0) is 4.79 Å². The van der Waals surface area contributed by atoms with Gasteiger partial charge in [-0.2, -0.15) is 0 Å². The minimum absolute atomic E-state index is 0.00714. The van der Waals surface area contributed by atoms with Crippen LogP contribution in [0.15, 0.2) is 36.4 Å². The average molecular weight is 481 g/mol. The van der Waals surface area contributed by atoms with E-state index in [1.807, 2.05) is 6.92 Å². The number of hydrogen-bond donors (Lipinski definition) is 1. The number of aromatic nitrogens is 1. The molecule has 1 aromatic heterocycles. The maximum absolute atomic E-state index is 14.6. The molecule has 3 aromatic rings. The standard InChI is InChI=1S/C24H23F4NO5/c1-5-12(2)20(23(31)32)21-13(3)29(18-11-17(25)19(33-4)10-16(18)21)22(30)14-6-8-15(9-7-14)34-24(26,27)28/h6-12,20H,5H2,1-4H3,(H,31,32)/t12-,20?/m1/s1. The quantitative estimate of drug-likeness (QED) is 0.425. The van der Waals surface area contributed by atoms with E-state index in [9.17, 15) is 32.3 Å². The number of fused-ring (bicyclic) bond motifs is 1. The summed E-state index contributed by atoms with van der Waals surface area (Å²) in [7, 11) is 1.27. The highest BCUT2D eigenvalue weighted by Gasteiger charge is 2.34. The maximum Gasteiger partial charge on any atom is 0.573 e. The van der Waals surface area contributed by atoms with Crippen molar-refractivity contribution in [1.82, 2.24) is 4.57 Å². The molecule has 34 heavy (non-hydrogen) atoms. The van der Waals surface area contributed by atoms with E-state index >= 15 is 0 Å². The summed E-state index contributed by atoms with van der Waals surface area (Å²) in [5.74, 6) is -4.42. The summed E-state index contributed by atoms with van der Waals surface area (Å²) in [5, 5.41) is 10.3. The van der Waals surface area contributed by atoms with Crippen molar-refractivity contribution in [3.63, 3.8) is 0 Å². The Hall–Kier alpha value is -3.56. The molecule has 2 atom stereocenters. The van der Waals surface area contributed by atoms with Gasteiger partial charge < -0.3 is 14.6 Å². The van der Waals surface area contributed by atoms with Gasteiger partial charge in [-0.3, -0.25) is 14.2 Å². The molecule has 0 fully saturated rings. The Balaban J connectivity index is 2.23. The van der Waals surface area contributed by atoms with Crippen LogP contribution >= 0.6 is 0 Å². The van der Waals surface area contributed by atoms with Crippen LogP contribution in [0.4, 0.5) is 17.6 Å². The van der Waals surface area contributed by atoms with Crippen molar-refractivity contribution in [3.05, 3.63) is 59.0 Å². The Kier molecular flexibility index (Phi) is 6.90. The van der Waals surface area contributed by atoms with Gasteiger partial charge in [-0.1, -0.05) is 20.3 Å². The average Bonchev–Trinajstić information content (AvgIpc) is 3.02. The van der Waals surface area contributed by atoms with Crippen LogP contribution in [0, 0.1) is 18.7 Å². The first kappa shape index (κ1) is 25.1. The van der Waals surface area contributed by atoms with Crippen molar-refractivity contribution in [2.24, 2.45) is 5.92 Å². The van der Waals surface area contributed by atoms with Crippen molar-refractivity contribution in [2.75, 3.05) is 7.11 Å². The molecule has 3 rings (SSSR count). The van der Waals surface area contributed by atoms with Gasteiger partial charge in [0.15, 0.2) is 11.6 Å². The highest BCUT2D eigenvalue weighted by atomic mass is 19.4. The maximum atomic E-state index is 14.6. The molecule has 1 N–H and O–H groups in total. The number of nitrogens with zero attached hydrogens (tertiary/aromatic N) is 1. The first-order valence-electron chi connectivity index (χ1n) is 10.4. The minimum Gasteiger partial charge on any atom is -0.494 e. The number of benzene rings is 2. The molecular formula is C24H23F4NO5. The van der Waals surface area contributed by atoms with Crippen molar-refractivity contribution in [2.45, 2.75) is 39.5 Å². The lowest BCUT2D eigenvalue weighted by Crippen LogP contribution is -2.21. The highest BCUT2D eigenvalue weighted by Crippen LogP contribution is 2.40. The van der Waals surface area contributed by atoms with Crippen LogP contribution in [0.1, 0.15) is 47.8 Å². The lowest BCUT2D eigenvalue weighted by Gasteiger charge is -2.20. The molecule has 0 bridgehead atoms. The van der Waals surface area contributed by atoms with Gasteiger partial charge >= 0.3 is 12.3 Å². The molecule has 6 nitrogen and oxygen atoms in total. The van der Waals surface area contributed by atoms with Crippen molar-refractivity contribution in [1.29, 1.82) is 0 Å². The van der Waals surface area contributed by atoms with Gasteiger partial charge in [0, 0.05) is 22.7 Å². The molecule has 0 radical (unpaired) electrons. The van der Waals surface area contributed by atoms with Gasteiger partial charge in [0.25, 0.3) is 5.91 Å². The van der Waals surface area contributed by atoms with Crippen LogP contribution in [-0.4, -0.2) is 35.0 Å². The first-order valence-corrected chi connectivity index (χ1v) is 10.4. The smallest absolute Gasteiger partial charge is 0.494 e. The van der Waals surface area contributed by atoms with E-state index in [1.54, 1.807) is 13.8 Å². The van der Waals surface area contributed by atoms with Gasteiger partial charge in [0.1, 0.15) is 5.75 Å². The Morgan fingerprint density at radius 3 is 2.26 bits per heavy atom. The number of carboxylic acid groups (broad SMARTS) is 1. The van der Waals surface area contributed by atoms with Gasteiger partial charge in [-0.25, -0.2) is 4.39 Å². The lowest BCUT2D eigenvalue weighted by atomic mass is 9.84. The van der Waals surface area contributed by atoms with Gasteiger partial charge in [-0.15, -0.1) is 13.2 Å². The number of carboxylic acids is 1. The largest absolute Gasteiger partial charge is 0.573 e. The fourth-order valence-electron chi connectivity index (χ4n) is 4.07. The minimum atomic E-state index is -4.88. The van der Waals surface area contributed by atoms with E-state index in [4.69, 9.17) is 4.74 Å². The molecule has 0 aliphatic heterocycles. The first-order chi connectivity index (χ1) is 15.9. The van der Waals surface area contributed by atoms with Crippen LogP contribution in [0.25, 0.3) is 10.9 Å². The summed E-state index contributed by atoms with van der Waals surface area (Å²) < 4.78 is 62.0. The normalized spacial score (nSPS) is 13.5. The Labute approximate surface area is 192 Å². The Morgan fingerprint density at radius 2 is 1.76 bits per heavy atom. The number of carbonyl (C=O) groups excluding carboxylic acids is 1. The fourth-order valence-corrected chi connectivity index (χ4v) is 4.07. The molecule has 1 heterocycles. The third-order valence-corrected chi connectivity index (χ3v) is 5.85. The van der Waals surface area contributed by atoms with Gasteiger partial charge in [0.2, 0.25) is 0 Å². The van der Waals surface area contributed by atoms with Crippen molar-refractivity contribution >= 4 is 22.8 Å². The van der Waals surface area contributed by atoms with E-state index < -0.39 is 35.7 Å². The van der Waals surface area contributed by atoms with E-state index in [2.05, 4.69) is 4.74 Å². The second kappa shape index (κ2) is 9.36. The molecule has 0 aliphatic carbocycles. The number of aliphatic carboxylic acids is 1. The molecular weight excluding hydrogens is 458 g/mol. The van der Waals surface area contributed by atoms with Crippen LogP contribution < -0.4 is 9.47 Å². The number of hydrogen-bond acceptors (Lipinski definition) is 4. The summed E-state index contributed by atoms with van der Waals surface area (Å²) >= 11 is 0. The van der Waals surface area contributed by atoms with E-state index in [0.29, 0.717) is 17.4 Å². The summed E-state index contributed by atoms with van der Waals surface area (Å²) in [6, 6.07) is 6.72. The third-order valence-electron chi connectivity index (χ3n) is 5.85. The van der Waals surface area contributed by atoms with Crippen LogP contribution in [0.5, 0.6) is 11.5 Å². The van der Waals surface area contributed by atoms with Gasteiger partial charge in [0.05, 0.1) is 18.5 Å². The van der Waals surface area contributed by atoms with E-state index in [-0.39, 0.29) is 28.4 Å². The zero-order valence-electron chi connectivity index (χ0n) is 18.9. The second-order valence-electron chi connectivity index (χ2n) is 7.92. The number of rotatable bonds is 7. The van der Waals surface area contributed by atoms with Crippen LogP contribution in [0.3, 0.4) is 0 Å². The SMILES string of the molecule is CC[C@@H](C)C(C(=O)O)c1c(C)n(C(=O)c2ccc(OC(F)(F)F)cc2)c2cc(F)c(OC)cc12. The van der Waals surface area contributed by atoms with Crippen LogP contribution in [0.2, 0.25) is 0 Å². The number of halogens is 4. The fraction of sp³-hybridized carbons (Fsp3) is 0.333. The third kappa shape index (κ3) is 4.71. The molecule has 0 aliphatic rings.